The van der Waals surface area contributed by atoms with Crippen molar-refractivity contribution in [3.05, 3.63) is 11.8 Å². The van der Waals surface area contributed by atoms with Gasteiger partial charge in [0.25, 0.3) is 5.91 Å². The molecule has 2 aliphatic heterocycles. The lowest BCUT2D eigenvalue weighted by Gasteiger charge is -2.41. The second-order valence-electron chi connectivity index (χ2n) is 7.54. The SMILES string of the molecule is CC(C)(C)/C([OH2+])=C/C(N)=NC(=O)[C@@H]1CCN1CC1CCOCC1. The molecule has 0 radical (unpaired) electrons. The molecule has 0 unspecified atom stereocenters. The van der Waals surface area contributed by atoms with Gasteiger partial charge in [-0.1, -0.05) is 0 Å². The maximum absolute atomic E-state index is 12.3. The van der Waals surface area contributed by atoms with Gasteiger partial charge in [0.1, 0.15) is 5.84 Å². The molecule has 0 aromatic rings. The standard InChI is InChI=1S/C17H29N3O3/c1-17(2,3)14(21)10-15(18)19-16(22)13-4-7-20(13)11-12-5-8-23-9-6-12/h10,12-13,21H,4-9,11H2,1-3H3,(H2,18,19,22)/p+1/b14-10-/t13-/m0/s1. The van der Waals surface area contributed by atoms with Gasteiger partial charge in [-0.2, -0.15) is 4.99 Å². The Morgan fingerprint density at radius 2 is 2.00 bits per heavy atom. The Balaban J connectivity index is 1.90. The monoisotopic (exact) mass is 324 g/mol. The van der Waals surface area contributed by atoms with Crippen LogP contribution in [0.1, 0.15) is 40.0 Å². The summed E-state index contributed by atoms with van der Waals surface area (Å²) in [6.07, 6.45) is 4.47. The van der Waals surface area contributed by atoms with E-state index in [4.69, 9.17) is 15.6 Å². The number of allylic oxidation sites excluding steroid dienone is 1. The van der Waals surface area contributed by atoms with E-state index in [0.717, 1.165) is 45.6 Å². The van der Waals surface area contributed by atoms with Crippen LogP contribution in [-0.2, 0) is 9.53 Å². The predicted octanol–water partition coefficient (Wildman–Crippen LogP) is 1.03. The Kier molecular flexibility index (Phi) is 5.81. The Bertz CT molecular complexity index is 488. The summed E-state index contributed by atoms with van der Waals surface area (Å²) in [6.45, 7) is 9.34. The van der Waals surface area contributed by atoms with E-state index in [9.17, 15) is 4.79 Å². The van der Waals surface area contributed by atoms with Gasteiger partial charge in [-0.15, -0.1) is 0 Å². The number of nitrogens with zero attached hydrogens (tertiary/aromatic N) is 2. The molecule has 0 aromatic heterocycles. The van der Waals surface area contributed by atoms with E-state index in [-0.39, 0.29) is 23.2 Å². The van der Waals surface area contributed by atoms with Crippen LogP contribution in [0.4, 0.5) is 0 Å². The second kappa shape index (κ2) is 7.45. The minimum atomic E-state index is -0.297. The average molecular weight is 324 g/mol. The Labute approximate surface area is 138 Å². The highest BCUT2D eigenvalue weighted by Gasteiger charge is 2.35. The number of amides is 1. The topological polar surface area (TPSA) is 90.8 Å². The first-order valence-corrected chi connectivity index (χ1v) is 8.41. The van der Waals surface area contributed by atoms with Crippen LogP contribution in [0, 0.1) is 11.3 Å². The fourth-order valence-corrected chi connectivity index (χ4v) is 2.80. The van der Waals surface area contributed by atoms with Gasteiger partial charge in [0.15, 0.2) is 0 Å². The molecule has 6 heteroatoms. The van der Waals surface area contributed by atoms with Crippen molar-refractivity contribution in [3.63, 3.8) is 0 Å². The van der Waals surface area contributed by atoms with Gasteiger partial charge >= 0.3 is 0 Å². The zero-order chi connectivity index (χ0) is 17.0. The number of likely N-dealkylation sites (tertiary alicyclic amines) is 1. The van der Waals surface area contributed by atoms with E-state index in [1.54, 1.807) is 0 Å². The molecule has 23 heavy (non-hydrogen) atoms. The van der Waals surface area contributed by atoms with Gasteiger partial charge in [-0.05, 0) is 46.0 Å². The molecule has 0 aromatic carbocycles. The number of hydrogen-bond acceptors (Lipinski definition) is 3. The third-order valence-electron chi connectivity index (χ3n) is 4.59. The number of hydrogen-bond donors (Lipinski definition) is 1. The first-order valence-electron chi connectivity index (χ1n) is 8.41. The van der Waals surface area contributed by atoms with Gasteiger partial charge in [0, 0.05) is 26.3 Å². The molecule has 4 N–H and O–H groups in total. The number of aliphatic imine (C=N–C) groups is 1. The van der Waals surface area contributed by atoms with Gasteiger partial charge in [-0.3, -0.25) is 9.69 Å². The molecule has 2 saturated heterocycles. The van der Waals surface area contributed by atoms with Gasteiger partial charge in [0.05, 0.1) is 17.5 Å². The molecule has 2 rings (SSSR count). The third-order valence-corrected chi connectivity index (χ3v) is 4.59. The molecule has 2 fully saturated rings. The van der Waals surface area contributed by atoms with Crippen LogP contribution in [0.15, 0.2) is 16.8 Å². The Morgan fingerprint density at radius 3 is 2.52 bits per heavy atom. The second-order valence-corrected chi connectivity index (χ2v) is 7.54. The molecule has 1 atom stereocenters. The van der Waals surface area contributed by atoms with Crippen LogP contribution in [0.3, 0.4) is 0 Å². The Hall–Kier alpha value is -1.40. The van der Waals surface area contributed by atoms with Crippen LogP contribution in [0.5, 0.6) is 0 Å². The van der Waals surface area contributed by atoms with E-state index in [1.807, 2.05) is 20.8 Å². The summed E-state index contributed by atoms with van der Waals surface area (Å²) in [6, 6.07) is -0.145. The van der Waals surface area contributed by atoms with Crippen LogP contribution in [0.25, 0.3) is 0 Å². The summed E-state index contributed by atoms with van der Waals surface area (Å²) in [5.74, 6) is 0.937. The van der Waals surface area contributed by atoms with Crippen molar-refractivity contribution in [2.24, 2.45) is 22.1 Å². The van der Waals surface area contributed by atoms with Crippen molar-refractivity contribution in [2.75, 3.05) is 26.3 Å². The number of carbonyl (C=O) groups excluding carboxylic acids is 1. The quantitative estimate of drug-likeness (QED) is 0.362. The van der Waals surface area contributed by atoms with Gasteiger partial charge in [0.2, 0.25) is 5.76 Å². The summed E-state index contributed by atoms with van der Waals surface area (Å²) in [5.41, 5.74) is 5.52. The minimum Gasteiger partial charge on any atom is -0.596 e. The molecule has 1 amide bonds. The zero-order valence-electron chi connectivity index (χ0n) is 14.5. The zero-order valence-corrected chi connectivity index (χ0v) is 14.5. The molecule has 0 bridgehead atoms. The van der Waals surface area contributed by atoms with Crippen molar-refractivity contribution in [1.82, 2.24) is 4.90 Å². The number of carbonyl (C=O) groups is 1. The maximum atomic E-state index is 12.3. The molecule has 2 aliphatic rings. The van der Waals surface area contributed by atoms with E-state index >= 15 is 0 Å². The largest absolute Gasteiger partial charge is 0.596 e. The molecule has 0 saturated carbocycles. The summed E-state index contributed by atoms with van der Waals surface area (Å²) in [7, 11) is 0. The number of ether oxygens (including phenoxy) is 1. The summed E-state index contributed by atoms with van der Waals surface area (Å²) < 4.78 is 5.38. The third kappa shape index (κ3) is 5.04. The van der Waals surface area contributed by atoms with Crippen LogP contribution < -0.4 is 5.73 Å². The number of amidine groups is 1. The predicted molar refractivity (Wildman–Crippen MR) is 91.3 cm³/mol. The van der Waals surface area contributed by atoms with Gasteiger partial charge in [-0.25, -0.2) is 0 Å². The van der Waals surface area contributed by atoms with E-state index in [0.29, 0.717) is 11.7 Å². The maximum Gasteiger partial charge on any atom is 0.264 e. The fraction of sp³-hybridized carbons (Fsp3) is 0.765. The molecule has 0 aliphatic carbocycles. The van der Waals surface area contributed by atoms with Crippen molar-refractivity contribution >= 4 is 11.7 Å². The highest BCUT2D eigenvalue weighted by Crippen LogP contribution is 2.25. The average Bonchev–Trinajstić information content (AvgIpc) is 2.43. The number of nitrogens with two attached hydrogens (primary N) is 1. The van der Waals surface area contributed by atoms with E-state index in [2.05, 4.69) is 9.89 Å². The molecule has 0 spiro atoms. The smallest absolute Gasteiger partial charge is 0.264 e. The first kappa shape index (κ1) is 17.9. The first-order chi connectivity index (χ1) is 10.8. The lowest BCUT2D eigenvalue weighted by Crippen LogP contribution is -2.54. The van der Waals surface area contributed by atoms with Crippen molar-refractivity contribution < 1.29 is 14.6 Å². The van der Waals surface area contributed by atoms with Crippen molar-refractivity contribution in [1.29, 1.82) is 0 Å². The van der Waals surface area contributed by atoms with Crippen molar-refractivity contribution in [2.45, 2.75) is 46.1 Å². The highest BCUT2D eigenvalue weighted by molar-refractivity contribution is 6.01. The molecular weight excluding hydrogens is 294 g/mol. The minimum absolute atomic E-state index is 0.132. The molecule has 2 heterocycles. The van der Waals surface area contributed by atoms with Crippen molar-refractivity contribution in [3.8, 4) is 0 Å². The Morgan fingerprint density at radius 1 is 1.35 bits per heavy atom. The van der Waals surface area contributed by atoms with Crippen LogP contribution >= 0.6 is 0 Å². The normalized spacial score (nSPS) is 25.3. The summed E-state index contributed by atoms with van der Waals surface area (Å²) >= 11 is 0. The van der Waals surface area contributed by atoms with Gasteiger partial charge < -0.3 is 15.6 Å². The van der Waals surface area contributed by atoms with E-state index in [1.165, 1.54) is 6.08 Å². The summed E-state index contributed by atoms with van der Waals surface area (Å²) in [4.78, 5) is 18.5. The van der Waals surface area contributed by atoms with E-state index < -0.39 is 0 Å². The summed E-state index contributed by atoms with van der Waals surface area (Å²) in [5, 5.41) is 7.94. The highest BCUT2D eigenvalue weighted by atomic mass is 16.5. The molecular formula is C17H30N3O3+. The molecule has 130 valence electrons. The fourth-order valence-electron chi connectivity index (χ4n) is 2.80. The lowest BCUT2D eigenvalue weighted by molar-refractivity contribution is -0.128. The lowest BCUT2D eigenvalue weighted by atomic mass is 9.93. The number of rotatable bonds is 4. The van der Waals surface area contributed by atoms with Crippen LogP contribution in [0.2, 0.25) is 0 Å². The molecule has 6 nitrogen and oxygen atoms in total. The van der Waals surface area contributed by atoms with Crippen LogP contribution in [-0.4, -0.2) is 54.1 Å².